The van der Waals surface area contributed by atoms with Crippen LogP contribution in [0.3, 0.4) is 0 Å². The molecule has 98 valence electrons. The zero-order valence-electron chi connectivity index (χ0n) is 10.2. The van der Waals surface area contributed by atoms with Gasteiger partial charge in [0.15, 0.2) is 0 Å². The number of amides is 1. The fourth-order valence-electron chi connectivity index (χ4n) is 2.61. The van der Waals surface area contributed by atoms with E-state index in [1.807, 2.05) is 0 Å². The second kappa shape index (κ2) is 5.33. The summed E-state index contributed by atoms with van der Waals surface area (Å²) in [4.78, 5) is 11.3. The molecule has 1 aliphatic heterocycles. The standard InChI is InChI=1S/C12H22N2O3/c13-11(15)12(14)4-1-2-10(6-12)17-8-9-3-5-16-7-9/h9-10H,1-8,14H2,(H2,13,15). The Kier molecular flexibility index (Phi) is 4.01. The van der Waals surface area contributed by atoms with Gasteiger partial charge in [0.2, 0.25) is 5.91 Å². The lowest BCUT2D eigenvalue weighted by molar-refractivity contribution is -0.126. The van der Waals surface area contributed by atoms with E-state index in [1.54, 1.807) is 0 Å². The number of nitrogens with two attached hydrogens (primary N) is 2. The predicted molar refractivity (Wildman–Crippen MR) is 63.2 cm³/mol. The van der Waals surface area contributed by atoms with Gasteiger partial charge in [0.05, 0.1) is 24.9 Å². The van der Waals surface area contributed by atoms with Gasteiger partial charge in [0.1, 0.15) is 0 Å². The molecule has 3 atom stereocenters. The Morgan fingerprint density at radius 2 is 2.29 bits per heavy atom. The van der Waals surface area contributed by atoms with Crippen LogP contribution in [0.15, 0.2) is 0 Å². The second-order valence-electron chi connectivity index (χ2n) is 5.30. The largest absolute Gasteiger partial charge is 0.381 e. The molecule has 4 N–H and O–H groups in total. The van der Waals surface area contributed by atoms with Crippen LogP contribution in [-0.4, -0.2) is 37.4 Å². The van der Waals surface area contributed by atoms with Crippen LogP contribution in [0.1, 0.15) is 32.1 Å². The monoisotopic (exact) mass is 242 g/mol. The van der Waals surface area contributed by atoms with Crippen molar-refractivity contribution in [3.63, 3.8) is 0 Å². The lowest BCUT2D eigenvalue weighted by Gasteiger charge is -2.35. The molecule has 3 unspecified atom stereocenters. The Hall–Kier alpha value is -0.650. The summed E-state index contributed by atoms with van der Waals surface area (Å²) in [6.45, 7) is 2.33. The number of carbonyl (C=O) groups is 1. The molecule has 2 rings (SSSR count). The molecule has 17 heavy (non-hydrogen) atoms. The van der Waals surface area contributed by atoms with E-state index in [1.165, 1.54) is 0 Å². The van der Waals surface area contributed by atoms with Crippen LogP contribution in [0.5, 0.6) is 0 Å². The maximum absolute atomic E-state index is 11.3. The smallest absolute Gasteiger partial charge is 0.237 e. The van der Waals surface area contributed by atoms with Crippen molar-refractivity contribution in [2.75, 3.05) is 19.8 Å². The molecule has 1 amide bonds. The van der Waals surface area contributed by atoms with E-state index in [4.69, 9.17) is 20.9 Å². The Morgan fingerprint density at radius 1 is 1.47 bits per heavy atom. The summed E-state index contributed by atoms with van der Waals surface area (Å²) < 4.78 is 11.1. The Balaban J connectivity index is 1.78. The summed E-state index contributed by atoms with van der Waals surface area (Å²) >= 11 is 0. The van der Waals surface area contributed by atoms with Gasteiger partial charge >= 0.3 is 0 Å². The fraction of sp³-hybridized carbons (Fsp3) is 0.917. The molecule has 1 saturated carbocycles. The Bertz CT molecular complexity index is 279. The molecule has 5 heteroatoms. The molecule has 1 heterocycles. The molecular weight excluding hydrogens is 220 g/mol. The normalized spacial score (nSPS) is 38.2. The van der Waals surface area contributed by atoms with E-state index in [2.05, 4.69) is 0 Å². The zero-order valence-corrected chi connectivity index (χ0v) is 10.2. The van der Waals surface area contributed by atoms with Crippen molar-refractivity contribution in [1.29, 1.82) is 0 Å². The van der Waals surface area contributed by atoms with Crippen LogP contribution in [0.25, 0.3) is 0 Å². The van der Waals surface area contributed by atoms with Gasteiger partial charge < -0.3 is 20.9 Å². The number of hydrogen-bond acceptors (Lipinski definition) is 4. The van der Waals surface area contributed by atoms with Crippen molar-refractivity contribution in [3.05, 3.63) is 0 Å². The third kappa shape index (κ3) is 3.18. The summed E-state index contributed by atoms with van der Waals surface area (Å²) in [6.07, 6.45) is 4.24. The highest BCUT2D eigenvalue weighted by Gasteiger charge is 2.38. The number of hydrogen-bond donors (Lipinski definition) is 2. The first kappa shape index (κ1) is 12.8. The minimum Gasteiger partial charge on any atom is -0.381 e. The van der Waals surface area contributed by atoms with E-state index in [0.29, 0.717) is 25.4 Å². The van der Waals surface area contributed by atoms with Gasteiger partial charge in [-0.2, -0.15) is 0 Å². The van der Waals surface area contributed by atoms with Crippen molar-refractivity contribution in [2.45, 2.75) is 43.7 Å². The van der Waals surface area contributed by atoms with E-state index < -0.39 is 11.4 Å². The molecule has 0 aromatic rings. The molecule has 0 spiro atoms. The zero-order chi connectivity index (χ0) is 12.3. The lowest BCUT2D eigenvalue weighted by Crippen LogP contribution is -2.56. The van der Waals surface area contributed by atoms with Crippen molar-refractivity contribution < 1.29 is 14.3 Å². The van der Waals surface area contributed by atoms with Crippen molar-refractivity contribution in [1.82, 2.24) is 0 Å². The van der Waals surface area contributed by atoms with Gasteiger partial charge in [0, 0.05) is 18.9 Å². The average Bonchev–Trinajstić information content (AvgIpc) is 2.79. The Labute approximate surface area is 102 Å². The van der Waals surface area contributed by atoms with E-state index in [9.17, 15) is 4.79 Å². The van der Waals surface area contributed by atoms with Crippen molar-refractivity contribution >= 4 is 5.91 Å². The summed E-state index contributed by atoms with van der Waals surface area (Å²) in [6, 6.07) is 0. The topological polar surface area (TPSA) is 87.6 Å². The van der Waals surface area contributed by atoms with Gasteiger partial charge in [-0.15, -0.1) is 0 Å². The van der Waals surface area contributed by atoms with Crippen LogP contribution in [0.4, 0.5) is 0 Å². The quantitative estimate of drug-likeness (QED) is 0.735. The van der Waals surface area contributed by atoms with Crippen LogP contribution in [0, 0.1) is 5.92 Å². The summed E-state index contributed by atoms with van der Waals surface area (Å²) in [7, 11) is 0. The second-order valence-corrected chi connectivity index (χ2v) is 5.30. The maximum atomic E-state index is 11.3. The number of primary amides is 1. The molecule has 2 fully saturated rings. The minimum absolute atomic E-state index is 0.0712. The highest BCUT2D eigenvalue weighted by molar-refractivity contribution is 5.84. The molecular formula is C12H22N2O3. The van der Waals surface area contributed by atoms with E-state index in [0.717, 1.165) is 32.5 Å². The molecule has 0 aromatic heterocycles. The first-order chi connectivity index (χ1) is 8.10. The van der Waals surface area contributed by atoms with Gasteiger partial charge in [-0.3, -0.25) is 4.79 Å². The van der Waals surface area contributed by atoms with Crippen LogP contribution < -0.4 is 11.5 Å². The first-order valence-corrected chi connectivity index (χ1v) is 6.38. The van der Waals surface area contributed by atoms with Crippen LogP contribution in [0.2, 0.25) is 0 Å². The number of ether oxygens (including phenoxy) is 2. The van der Waals surface area contributed by atoms with Gasteiger partial charge in [-0.05, 0) is 25.7 Å². The molecule has 2 aliphatic rings. The molecule has 5 nitrogen and oxygen atoms in total. The predicted octanol–water partition coefficient (Wildman–Crippen LogP) is 0.165. The van der Waals surface area contributed by atoms with Crippen molar-refractivity contribution in [2.24, 2.45) is 17.4 Å². The third-order valence-corrected chi connectivity index (χ3v) is 3.82. The number of rotatable bonds is 4. The van der Waals surface area contributed by atoms with Crippen LogP contribution >= 0.6 is 0 Å². The maximum Gasteiger partial charge on any atom is 0.237 e. The molecule has 0 bridgehead atoms. The first-order valence-electron chi connectivity index (χ1n) is 6.38. The highest BCUT2D eigenvalue weighted by Crippen LogP contribution is 2.28. The molecule has 1 saturated heterocycles. The molecule has 0 radical (unpaired) electrons. The van der Waals surface area contributed by atoms with Gasteiger partial charge in [-0.25, -0.2) is 0 Å². The van der Waals surface area contributed by atoms with E-state index in [-0.39, 0.29) is 6.10 Å². The molecule has 1 aliphatic carbocycles. The number of carbonyl (C=O) groups excluding carboxylic acids is 1. The van der Waals surface area contributed by atoms with Gasteiger partial charge in [-0.1, -0.05) is 0 Å². The lowest BCUT2D eigenvalue weighted by atomic mass is 9.80. The van der Waals surface area contributed by atoms with Crippen LogP contribution in [-0.2, 0) is 14.3 Å². The average molecular weight is 242 g/mol. The van der Waals surface area contributed by atoms with Crippen molar-refractivity contribution in [3.8, 4) is 0 Å². The highest BCUT2D eigenvalue weighted by atomic mass is 16.5. The molecule has 0 aromatic carbocycles. The van der Waals surface area contributed by atoms with Gasteiger partial charge in [0.25, 0.3) is 0 Å². The third-order valence-electron chi connectivity index (χ3n) is 3.82. The SMILES string of the molecule is NC(=O)C1(N)CCCC(OCC2CCOC2)C1. The summed E-state index contributed by atoms with van der Waals surface area (Å²) in [5, 5.41) is 0. The summed E-state index contributed by atoms with van der Waals surface area (Å²) in [5.41, 5.74) is 10.5. The Morgan fingerprint density at radius 3 is 2.94 bits per heavy atom. The van der Waals surface area contributed by atoms with E-state index >= 15 is 0 Å². The fourth-order valence-corrected chi connectivity index (χ4v) is 2.61. The minimum atomic E-state index is -0.866. The summed E-state index contributed by atoms with van der Waals surface area (Å²) in [5.74, 6) is 0.0904.